The number of rotatable bonds is 6. The van der Waals surface area contributed by atoms with E-state index in [0.717, 1.165) is 38.4 Å². The van der Waals surface area contributed by atoms with Crippen molar-refractivity contribution in [3.63, 3.8) is 0 Å². The van der Waals surface area contributed by atoms with Crippen LogP contribution >= 0.6 is 0 Å². The molecule has 0 spiro atoms. The number of hydrogen-bond donors (Lipinski definition) is 1. The molecule has 1 atom stereocenters. The summed E-state index contributed by atoms with van der Waals surface area (Å²) in [6.45, 7) is 4.22. The predicted octanol–water partition coefficient (Wildman–Crippen LogP) is 2.71. The molecule has 0 bridgehead atoms. The Kier molecular flexibility index (Phi) is 5.33. The van der Waals surface area contributed by atoms with Crippen LogP contribution < -0.4 is 10.2 Å². The van der Waals surface area contributed by atoms with Gasteiger partial charge < -0.3 is 15.1 Å². The Hall–Kier alpha value is -1.43. The normalized spacial score (nSPS) is 18.6. The standard InChI is InChI=1S/C15H24F2N4/c1-4-7-18-14-12(16)9-13(17)15(19-14)21-8-5-6-11(21)10-20(2)3/h9,11H,4-8,10H2,1-3H3,(H,18,19). The quantitative estimate of drug-likeness (QED) is 0.875. The Morgan fingerprint density at radius 1 is 1.38 bits per heavy atom. The van der Waals surface area contributed by atoms with E-state index in [0.29, 0.717) is 6.54 Å². The Labute approximate surface area is 125 Å². The van der Waals surface area contributed by atoms with Crippen LogP contribution in [0.4, 0.5) is 20.4 Å². The fourth-order valence-electron chi connectivity index (χ4n) is 2.75. The number of anilines is 2. The highest BCUT2D eigenvalue weighted by Gasteiger charge is 2.29. The lowest BCUT2D eigenvalue weighted by Gasteiger charge is -2.28. The van der Waals surface area contributed by atoms with Gasteiger partial charge in [-0.25, -0.2) is 13.8 Å². The molecule has 21 heavy (non-hydrogen) atoms. The molecule has 1 aromatic heterocycles. The zero-order valence-corrected chi connectivity index (χ0v) is 13.0. The van der Waals surface area contributed by atoms with E-state index < -0.39 is 11.6 Å². The smallest absolute Gasteiger partial charge is 0.168 e. The SMILES string of the molecule is CCCNc1nc(N2CCCC2CN(C)C)c(F)cc1F. The molecule has 1 N–H and O–H groups in total. The molecule has 1 fully saturated rings. The molecule has 1 aliphatic rings. The minimum Gasteiger partial charge on any atom is -0.368 e. The Balaban J connectivity index is 2.25. The molecule has 6 heteroatoms. The zero-order valence-electron chi connectivity index (χ0n) is 13.0. The van der Waals surface area contributed by atoms with E-state index in [1.807, 2.05) is 25.9 Å². The van der Waals surface area contributed by atoms with Gasteiger partial charge in [0.15, 0.2) is 23.3 Å². The lowest BCUT2D eigenvalue weighted by Crippen LogP contribution is -2.38. The summed E-state index contributed by atoms with van der Waals surface area (Å²) in [5.74, 6) is -0.809. The van der Waals surface area contributed by atoms with Crippen molar-refractivity contribution in [1.82, 2.24) is 9.88 Å². The largest absolute Gasteiger partial charge is 0.368 e. The van der Waals surface area contributed by atoms with E-state index in [-0.39, 0.29) is 17.7 Å². The molecule has 1 aromatic rings. The lowest BCUT2D eigenvalue weighted by molar-refractivity contribution is 0.370. The summed E-state index contributed by atoms with van der Waals surface area (Å²) >= 11 is 0. The average Bonchev–Trinajstić information content (AvgIpc) is 2.85. The summed E-state index contributed by atoms with van der Waals surface area (Å²) in [5.41, 5.74) is 0. The molecular weight excluding hydrogens is 274 g/mol. The summed E-state index contributed by atoms with van der Waals surface area (Å²) in [4.78, 5) is 8.24. The second-order valence-corrected chi connectivity index (χ2v) is 5.80. The molecule has 118 valence electrons. The van der Waals surface area contributed by atoms with E-state index in [1.54, 1.807) is 0 Å². The van der Waals surface area contributed by atoms with Gasteiger partial charge in [0.25, 0.3) is 0 Å². The van der Waals surface area contributed by atoms with Crippen molar-refractivity contribution in [1.29, 1.82) is 0 Å². The van der Waals surface area contributed by atoms with Crippen LogP contribution in [0.1, 0.15) is 26.2 Å². The minimum atomic E-state index is -0.631. The van der Waals surface area contributed by atoms with Crippen LogP contribution in [0.3, 0.4) is 0 Å². The number of halogens is 2. The second-order valence-electron chi connectivity index (χ2n) is 5.80. The van der Waals surface area contributed by atoms with Gasteiger partial charge in [-0.3, -0.25) is 0 Å². The highest BCUT2D eigenvalue weighted by atomic mass is 19.1. The molecule has 0 radical (unpaired) electrons. The van der Waals surface area contributed by atoms with Gasteiger partial charge in [-0.15, -0.1) is 0 Å². The van der Waals surface area contributed by atoms with E-state index in [1.165, 1.54) is 0 Å². The van der Waals surface area contributed by atoms with Crippen LogP contribution in [-0.2, 0) is 0 Å². The minimum absolute atomic E-state index is 0.142. The summed E-state index contributed by atoms with van der Waals surface area (Å²) in [5, 5.41) is 2.92. The van der Waals surface area contributed by atoms with Gasteiger partial charge in [0.05, 0.1) is 0 Å². The highest BCUT2D eigenvalue weighted by Crippen LogP contribution is 2.29. The first-order chi connectivity index (χ1) is 10.0. The topological polar surface area (TPSA) is 31.4 Å². The van der Waals surface area contributed by atoms with Crippen molar-refractivity contribution in [2.75, 3.05) is 43.9 Å². The maximum atomic E-state index is 14.1. The third-order valence-electron chi connectivity index (χ3n) is 3.68. The maximum absolute atomic E-state index is 14.1. The van der Waals surface area contributed by atoms with E-state index in [9.17, 15) is 8.78 Å². The maximum Gasteiger partial charge on any atom is 0.168 e. The molecule has 1 unspecified atom stereocenters. The molecule has 2 heterocycles. The molecule has 0 aromatic carbocycles. The van der Waals surface area contributed by atoms with Gasteiger partial charge >= 0.3 is 0 Å². The molecular formula is C15H24F2N4. The number of nitrogens with one attached hydrogen (secondary N) is 1. The Bertz CT molecular complexity index is 479. The monoisotopic (exact) mass is 298 g/mol. The van der Waals surface area contributed by atoms with E-state index >= 15 is 0 Å². The van der Waals surface area contributed by atoms with Gasteiger partial charge in [0, 0.05) is 31.7 Å². The van der Waals surface area contributed by atoms with Gasteiger partial charge in [0.1, 0.15) is 0 Å². The number of likely N-dealkylation sites (N-methyl/N-ethyl adjacent to an activating group) is 1. The van der Waals surface area contributed by atoms with Gasteiger partial charge in [-0.2, -0.15) is 0 Å². The highest BCUT2D eigenvalue weighted by molar-refractivity contribution is 5.50. The number of nitrogens with zero attached hydrogens (tertiary/aromatic N) is 3. The second kappa shape index (κ2) is 7.02. The summed E-state index contributed by atoms with van der Waals surface area (Å²) in [7, 11) is 4.00. The summed E-state index contributed by atoms with van der Waals surface area (Å²) in [6, 6.07) is 1.16. The van der Waals surface area contributed by atoms with Gasteiger partial charge in [0.2, 0.25) is 0 Å². The van der Waals surface area contributed by atoms with Crippen LogP contribution in [0, 0.1) is 11.6 Å². The van der Waals surface area contributed by atoms with Crippen molar-refractivity contribution in [2.45, 2.75) is 32.2 Å². The molecule has 2 rings (SSSR count). The Morgan fingerprint density at radius 3 is 2.81 bits per heavy atom. The average molecular weight is 298 g/mol. The Morgan fingerprint density at radius 2 is 2.14 bits per heavy atom. The fourth-order valence-corrected chi connectivity index (χ4v) is 2.75. The molecule has 1 aliphatic heterocycles. The van der Waals surface area contributed by atoms with Crippen LogP contribution in [0.15, 0.2) is 6.07 Å². The van der Waals surface area contributed by atoms with Crippen molar-refractivity contribution >= 4 is 11.6 Å². The lowest BCUT2D eigenvalue weighted by atomic mass is 10.2. The van der Waals surface area contributed by atoms with Crippen LogP contribution in [0.25, 0.3) is 0 Å². The molecule has 1 saturated heterocycles. The molecule has 0 saturated carbocycles. The first-order valence-electron chi connectivity index (χ1n) is 7.54. The van der Waals surface area contributed by atoms with Crippen molar-refractivity contribution in [2.24, 2.45) is 0 Å². The van der Waals surface area contributed by atoms with Crippen LogP contribution in [-0.4, -0.2) is 49.7 Å². The molecule has 4 nitrogen and oxygen atoms in total. The van der Waals surface area contributed by atoms with Crippen molar-refractivity contribution < 1.29 is 8.78 Å². The number of pyridine rings is 1. The van der Waals surface area contributed by atoms with E-state index in [2.05, 4.69) is 15.2 Å². The third-order valence-corrected chi connectivity index (χ3v) is 3.68. The zero-order chi connectivity index (χ0) is 15.4. The van der Waals surface area contributed by atoms with Crippen molar-refractivity contribution in [3.8, 4) is 0 Å². The number of aromatic nitrogens is 1. The fraction of sp³-hybridized carbons (Fsp3) is 0.667. The summed E-state index contributed by atoms with van der Waals surface area (Å²) in [6.07, 6.45) is 2.88. The molecule has 0 amide bonds. The van der Waals surface area contributed by atoms with Crippen LogP contribution in [0.2, 0.25) is 0 Å². The van der Waals surface area contributed by atoms with Crippen molar-refractivity contribution in [3.05, 3.63) is 17.7 Å². The number of hydrogen-bond acceptors (Lipinski definition) is 4. The van der Waals surface area contributed by atoms with Crippen LogP contribution in [0.5, 0.6) is 0 Å². The van der Waals surface area contributed by atoms with Gasteiger partial charge in [-0.05, 0) is 33.4 Å². The first kappa shape index (κ1) is 15.9. The van der Waals surface area contributed by atoms with Gasteiger partial charge in [-0.1, -0.05) is 6.92 Å². The summed E-state index contributed by atoms with van der Waals surface area (Å²) < 4.78 is 27.9. The predicted molar refractivity (Wildman–Crippen MR) is 81.9 cm³/mol. The van der Waals surface area contributed by atoms with E-state index in [4.69, 9.17) is 0 Å². The third kappa shape index (κ3) is 3.81. The molecule has 0 aliphatic carbocycles. The first-order valence-corrected chi connectivity index (χ1v) is 7.54.